The van der Waals surface area contributed by atoms with E-state index in [9.17, 15) is 0 Å². The van der Waals surface area contributed by atoms with E-state index in [1.165, 1.54) is 44.1 Å². The highest BCUT2D eigenvalue weighted by atomic mass is 16.3. The fraction of sp³-hybridized carbons (Fsp3) is 0.714. The predicted octanol–water partition coefficient (Wildman–Crippen LogP) is 3.82. The van der Waals surface area contributed by atoms with Crippen LogP contribution in [0.1, 0.15) is 55.9 Å². The van der Waals surface area contributed by atoms with Gasteiger partial charge in [0, 0.05) is 11.6 Å². The molecule has 1 atom stereocenters. The van der Waals surface area contributed by atoms with Crippen LogP contribution in [-0.2, 0) is 0 Å². The van der Waals surface area contributed by atoms with Crippen LogP contribution in [-0.4, -0.2) is 7.05 Å². The third kappa shape index (κ3) is 2.49. The van der Waals surface area contributed by atoms with Crippen LogP contribution in [0, 0.1) is 12.8 Å². The molecule has 1 aromatic heterocycles. The zero-order valence-electron chi connectivity index (χ0n) is 10.5. The van der Waals surface area contributed by atoms with E-state index in [0.29, 0.717) is 6.04 Å². The van der Waals surface area contributed by atoms with Crippen molar-refractivity contribution >= 4 is 0 Å². The second-order valence-corrected chi connectivity index (χ2v) is 4.95. The molecule has 1 saturated carbocycles. The molecule has 90 valence electrons. The Morgan fingerprint density at radius 3 is 2.44 bits per heavy atom. The molecule has 1 aliphatic rings. The molecule has 2 rings (SSSR count). The summed E-state index contributed by atoms with van der Waals surface area (Å²) in [5, 5.41) is 3.48. The molecule has 1 aromatic rings. The van der Waals surface area contributed by atoms with Crippen LogP contribution in [0.4, 0.5) is 0 Å². The number of nitrogens with one attached hydrogen (secondary N) is 1. The second-order valence-electron chi connectivity index (χ2n) is 4.95. The van der Waals surface area contributed by atoms with E-state index < -0.39 is 0 Å². The highest BCUT2D eigenvalue weighted by Gasteiger charge is 2.24. The molecule has 0 aliphatic heterocycles. The van der Waals surface area contributed by atoms with Crippen molar-refractivity contribution in [2.75, 3.05) is 7.05 Å². The Bertz CT molecular complexity index is 310. The number of rotatable bonds is 3. The highest BCUT2D eigenvalue weighted by Crippen LogP contribution is 2.34. The number of furan rings is 1. The number of hydrogen-bond acceptors (Lipinski definition) is 2. The molecule has 0 amide bonds. The van der Waals surface area contributed by atoms with Gasteiger partial charge in [0.15, 0.2) is 0 Å². The molecule has 1 fully saturated rings. The van der Waals surface area contributed by atoms with E-state index in [1.54, 1.807) is 0 Å². The van der Waals surface area contributed by atoms with Crippen LogP contribution in [0.15, 0.2) is 16.7 Å². The van der Waals surface area contributed by atoms with Crippen molar-refractivity contribution in [3.63, 3.8) is 0 Å². The SMILES string of the molecule is CNC(c1ccoc1C)C1CCCCCC1. The normalized spacial score (nSPS) is 20.6. The van der Waals surface area contributed by atoms with Crippen LogP contribution >= 0.6 is 0 Å². The van der Waals surface area contributed by atoms with Gasteiger partial charge in [0.2, 0.25) is 0 Å². The first-order valence-electron chi connectivity index (χ1n) is 6.54. The molecule has 1 N–H and O–H groups in total. The predicted molar refractivity (Wildman–Crippen MR) is 66.4 cm³/mol. The Labute approximate surface area is 98.4 Å². The molecule has 2 nitrogen and oxygen atoms in total. The monoisotopic (exact) mass is 221 g/mol. The lowest BCUT2D eigenvalue weighted by Crippen LogP contribution is -2.25. The molecule has 1 heterocycles. The average Bonchev–Trinajstić information content (AvgIpc) is 2.57. The lowest BCUT2D eigenvalue weighted by atomic mass is 9.87. The van der Waals surface area contributed by atoms with Gasteiger partial charge in [-0.05, 0) is 38.8 Å². The third-order valence-corrected chi connectivity index (χ3v) is 3.92. The molecular formula is C14H23NO. The van der Waals surface area contributed by atoms with E-state index in [-0.39, 0.29) is 0 Å². The van der Waals surface area contributed by atoms with E-state index in [0.717, 1.165) is 11.7 Å². The zero-order chi connectivity index (χ0) is 11.4. The van der Waals surface area contributed by atoms with Crippen molar-refractivity contribution in [2.45, 2.75) is 51.5 Å². The lowest BCUT2D eigenvalue weighted by molar-refractivity contribution is 0.337. The molecule has 0 radical (unpaired) electrons. The van der Waals surface area contributed by atoms with Gasteiger partial charge < -0.3 is 9.73 Å². The smallest absolute Gasteiger partial charge is 0.105 e. The Balaban J connectivity index is 2.12. The zero-order valence-corrected chi connectivity index (χ0v) is 10.5. The third-order valence-electron chi connectivity index (χ3n) is 3.92. The summed E-state index contributed by atoms with van der Waals surface area (Å²) in [6.45, 7) is 2.07. The Morgan fingerprint density at radius 2 is 1.94 bits per heavy atom. The fourth-order valence-electron chi connectivity index (χ4n) is 3.01. The van der Waals surface area contributed by atoms with Crippen molar-refractivity contribution in [3.8, 4) is 0 Å². The highest BCUT2D eigenvalue weighted by molar-refractivity contribution is 5.21. The Morgan fingerprint density at radius 1 is 1.25 bits per heavy atom. The molecule has 1 unspecified atom stereocenters. The molecule has 0 aromatic carbocycles. The van der Waals surface area contributed by atoms with Crippen LogP contribution < -0.4 is 5.32 Å². The molecule has 0 spiro atoms. The summed E-state index contributed by atoms with van der Waals surface area (Å²) in [5.74, 6) is 1.85. The summed E-state index contributed by atoms with van der Waals surface area (Å²) in [7, 11) is 2.07. The largest absolute Gasteiger partial charge is 0.469 e. The van der Waals surface area contributed by atoms with Gasteiger partial charge in [0.25, 0.3) is 0 Å². The standard InChI is InChI=1S/C14H23NO/c1-11-13(9-10-16-11)14(15-2)12-7-5-3-4-6-8-12/h9-10,12,14-15H,3-8H2,1-2H3. The Kier molecular flexibility index (Phi) is 4.05. The summed E-state index contributed by atoms with van der Waals surface area (Å²) < 4.78 is 5.43. The van der Waals surface area contributed by atoms with Crippen LogP contribution in [0.5, 0.6) is 0 Å². The van der Waals surface area contributed by atoms with Gasteiger partial charge in [0.1, 0.15) is 5.76 Å². The number of hydrogen-bond donors (Lipinski definition) is 1. The Hall–Kier alpha value is -0.760. The first-order valence-corrected chi connectivity index (χ1v) is 6.54. The molecule has 2 heteroatoms. The maximum absolute atomic E-state index is 5.43. The van der Waals surface area contributed by atoms with E-state index in [1.807, 2.05) is 6.26 Å². The second kappa shape index (κ2) is 5.53. The fourth-order valence-corrected chi connectivity index (χ4v) is 3.01. The number of aryl methyl sites for hydroxylation is 1. The first-order chi connectivity index (χ1) is 7.83. The van der Waals surface area contributed by atoms with Crippen molar-refractivity contribution in [1.29, 1.82) is 0 Å². The van der Waals surface area contributed by atoms with Crippen molar-refractivity contribution in [3.05, 3.63) is 23.7 Å². The molecule has 16 heavy (non-hydrogen) atoms. The van der Waals surface area contributed by atoms with Gasteiger partial charge >= 0.3 is 0 Å². The van der Waals surface area contributed by atoms with Crippen molar-refractivity contribution < 1.29 is 4.42 Å². The first kappa shape index (κ1) is 11.7. The molecule has 0 bridgehead atoms. The maximum Gasteiger partial charge on any atom is 0.105 e. The maximum atomic E-state index is 5.43. The molecular weight excluding hydrogens is 198 g/mol. The summed E-state index contributed by atoms with van der Waals surface area (Å²) in [6.07, 6.45) is 10.1. The van der Waals surface area contributed by atoms with Gasteiger partial charge in [-0.2, -0.15) is 0 Å². The van der Waals surface area contributed by atoms with E-state index >= 15 is 0 Å². The summed E-state index contributed by atoms with van der Waals surface area (Å²) in [5.41, 5.74) is 1.36. The minimum atomic E-state index is 0.483. The topological polar surface area (TPSA) is 25.2 Å². The summed E-state index contributed by atoms with van der Waals surface area (Å²) in [4.78, 5) is 0. The van der Waals surface area contributed by atoms with Crippen molar-refractivity contribution in [1.82, 2.24) is 5.32 Å². The van der Waals surface area contributed by atoms with Crippen LogP contribution in [0.2, 0.25) is 0 Å². The van der Waals surface area contributed by atoms with Gasteiger partial charge in [-0.1, -0.05) is 25.7 Å². The molecule has 1 aliphatic carbocycles. The summed E-state index contributed by atoms with van der Waals surface area (Å²) >= 11 is 0. The van der Waals surface area contributed by atoms with Gasteiger partial charge in [0.05, 0.1) is 6.26 Å². The quantitative estimate of drug-likeness (QED) is 0.785. The minimum absolute atomic E-state index is 0.483. The lowest BCUT2D eigenvalue weighted by Gasteiger charge is -2.25. The van der Waals surface area contributed by atoms with E-state index in [2.05, 4.69) is 25.4 Å². The van der Waals surface area contributed by atoms with E-state index in [4.69, 9.17) is 4.42 Å². The van der Waals surface area contributed by atoms with Gasteiger partial charge in [-0.25, -0.2) is 0 Å². The average molecular weight is 221 g/mol. The van der Waals surface area contributed by atoms with Crippen LogP contribution in [0.25, 0.3) is 0 Å². The van der Waals surface area contributed by atoms with Crippen LogP contribution in [0.3, 0.4) is 0 Å². The van der Waals surface area contributed by atoms with Gasteiger partial charge in [-0.3, -0.25) is 0 Å². The van der Waals surface area contributed by atoms with Crippen molar-refractivity contribution in [2.24, 2.45) is 5.92 Å². The molecule has 0 saturated heterocycles. The van der Waals surface area contributed by atoms with Gasteiger partial charge in [-0.15, -0.1) is 0 Å². The summed E-state index contributed by atoms with van der Waals surface area (Å²) in [6, 6.07) is 2.61. The minimum Gasteiger partial charge on any atom is -0.469 e.